The van der Waals surface area contributed by atoms with Gasteiger partial charge in [-0.3, -0.25) is 4.68 Å². The highest BCUT2D eigenvalue weighted by molar-refractivity contribution is 5.40. The van der Waals surface area contributed by atoms with E-state index >= 15 is 0 Å². The van der Waals surface area contributed by atoms with Crippen molar-refractivity contribution in [2.75, 3.05) is 5.73 Å². The van der Waals surface area contributed by atoms with Gasteiger partial charge in [-0.1, -0.05) is 20.8 Å². The molecule has 1 heterocycles. The van der Waals surface area contributed by atoms with Crippen LogP contribution in [0.2, 0.25) is 0 Å². The van der Waals surface area contributed by atoms with Crippen molar-refractivity contribution in [3.8, 4) is 0 Å². The van der Waals surface area contributed by atoms with Gasteiger partial charge in [0.25, 0.3) is 0 Å². The fourth-order valence-corrected chi connectivity index (χ4v) is 1.38. The molecule has 0 amide bonds. The lowest BCUT2D eigenvalue weighted by atomic mass is 10.1. The molecule has 13 heavy (non-hydrogen) atoms. The maximum atomic E-state index is 5.77. The predicted molar refractivity (Wildman–Crippen MR) is 55.5 cm³/mol. The third-order valence-electron chi connectivity index (χ3n) is 2.23. The summed E-state index contributed by atoms with van der Waals surface area (Å²) in [5, 5.41) is 4.25. The van der Waals surface area contributed by atoms with Crippen LogP contribution in [0.1, 0.15) is 32.9 Å². The Morgan fingerprint density at radius 2 is 2.23 bits per heavy atom. The topological polar surface area (TPSA) is 43.8 Å². The zero-order valence-electron chi connectivity index (χ0n) is 8.75. The lowest BCUT2D eigenvalue weighted by Gasteiger charge is -2.08. The maximum absolute atomic E-state index is 5.77. The summed E-state index contributed by atoms with van der Waals surface area (Å²) in [6.07, 6.45) is 3.87. The first-order chi connectivity index (χ1) is 6.15. The number of aryl methyl sites for hydroxylation is 1. The Balaban J connectivity index is 2.65. The van der Waals surface area contributed by atoms with Crippen molar-refractivity contribution in [1.82, 2.24) is 9.78 Å². The highest BCUT2D eigenvalue weighted by atomic mass is 15.3. The molecule has 1 aromatic heterocycles. The quantitative estimate of drug-likeness (QED) is 0.772. The average Bonchev–Trinajstić information content (AvgIpc) is 2.42. The molecule has 0 aliphatic carbocycles. The summed E-state index contributed by atoms with van der Waals surface area (Å²) in [5.74, 6) is 0.718. The maximum Gasteiger partial charge on any atom is 0.0732 e. The van der Waals surface area contributed by atoms with Crippen LogP contribution in [0.25, 0.3) is 0 Å². The Morgan fingerprint density at radius 1 is 1.54 bits per heavy atom. The summed E-state index contributed by atoms with van der Waals surface area (Å²) in [7, 11) is 0. The van der Waals surface area contributed by atoms with Crippen LogP contribution in [-0.2, 0) is 13.0 Å². The number of hydrogen-bond donors (Lipinski definition) is 1. The number of nitrogen functional groups attached to an aromatic ring is 1. The van der Waals surface area contributed by atoms with Gasteiger partial charge in [-0.2, -0.15) is 5.10 Å². The van der Waals surface area contributed by atoms with Crippen molar-refractivity contribution in [3.63, 3.8) is 0 Å². The van der Waals surface area contributed by atoms with E-state index in [1.165, 1.54) is 5.69 Å². The fraction of sp³-hybridized carbons (Fsp3) is 0.700. The van der Waals surface area contributed by atoms with Crippen LogP contribution < -0.4 is 5.73 Å². The Hall–Kier alpha value is -0.990. The first-order valence-electron chi connectivity index (χ1n) is 4.95. The fourth-order valence-electron chi connectivity index (χ4n) is 1.38. The second-order valence-electron chi connectivity index (χ2n) is 3.81. The summed E-state index contributed by atoms with van der Waals surface area (Å²) < 4.78 is 2.02. The molecule has 0 aliphatic heterocycles. The minimum Gasteiger partial charge on any atom is -0.396 e. The van der Waals surface area contributed by atoms with E-state index in [0.717, 1.165) is 31.0 Å². The highest BCUT2D eigenvalue weighted by Gasteiger charge is 2.05. The molecule has 0 radical (unpaired) electrons. The molecule has 0 atom stereocenters. The number of anilines is 1. The lowest BCUT2D eigenvalue weighted by Crippen LogP contribution is -2.07. The van der Waals surface area contributed by atoms with Gasteiger partial charge in [0.05, 0.1) is 17.6 Å². The summed E-state index contributed by atoms with van der Waals surface area (Å²) >= 11 is 0. The molecule has 0 unspecified atom stereocenters. The van der Waals surface area contributed by atoms with Crippen LogP contribution in [0, 0.1) is 5.92 Å². The molecule has 0 saturated carbocycles. The zero-order valence-corrected chi connectivity index (χ0v) is 8.75. The van der Waals surface area contributed by atoms with E-state index in [1.54, 1.807) is 6.20 Å². The van der Waals surface area contributed by atoms with E-state index in [-0.39, 0.29) is 0 Å². The van der Waals surface area contributed by atoms with Crippen molar-refractivity contribution in [2.24, 2.45) is 5.92 Å². The van der Waals surface area contributed by atoms with Gasteiger partial charge in [0.2, 0.25) is 0 Å². The molecule has 3 heteroatoms. The Labute approximate surface area is 79.9 Å². The predicted octanol–water partition coefficient (Wildman–Crippen LogP) is 2.07. The van der Waals surface area contributed by atoms with Crippen LogP contribution in [0.3, 0.4) is 0 Å². The van der Waals surface area contributed by atoms with E-state index in [2.05, 4.69) is 25.9 Å². The summed E-state index contributed by atoms with van der Waals surface area (Å²) in [4.78, 5) is 0. The van der Waals surface area contributed by atoms with Gasteiger partial charge in [0, 0.05) is 6.54 Å². The minimum atomic E-state index is 0.718. The number of aromatic nitrogens is 2. The van der Waals surface area contributed by atoms with Crippen LogP contribution in [0.15, 0.2) is 6.20 Å². The second kappa shape index (κ2) is 4.30. The molecule has 0 bridgehead atoms. The zero-order chi connectivity index (χ0) is 9.84. The normalized spacial score (nSPS) is 11.1. The van der Waals surface area contributed by atoms with Crippen LogP contribution in [0.5, 0.6) is 0 Å². The third-order valence-corrected chi connectivity index (χ3v) is 2.23. The molecule has 0 aliphatic rings. The van der Waals surface area contributed by atoms with Crippen molar-refractivity contribution in [1.29, 1.82) is 0 Å². The second-order valence-corrected chi connectivity index (χ2v) is 3.81. The summed E-state index contributed by atoms with van der Waals surface area (Å²) in [6, 6.07) is 0. The van der Waals surface area contributed by atoms with Gasteiger partial charge >= 0.3 is 0 Å². The van der Waals surface area contributed by atoms with Crippen molar-refractivity contribution in [2.45, 2.75) is 40.2 Å². The van der Waals surface area contributed by atoms with Gasteiger partial charge in [0.1, 0.15) is 0 Å². The average molecular weight is 181 g/mol. The molecule has 0 spiro atoms. The van der Waals surface area contributed by atoms with Gasteiger partial charge in [0.15, 0.2) is 0 Å². The first kappa shape index (κ1) is 10.1. The SMILES string of the molecule is CCc1c(N)cnn1CCC(C)C. The Kier molecular flexibility index (Phi) is 3.34. The summed E-state index contributed by atoms with van der Waals surface area (Å²) in [5.41, 5.74) is 7.77. The standard InChI is InChI=1S/C10H19N3/c1-4-10-9(11)7-12-13(10)6-5-8(2)3/h7-8H,4-6,11H2,1-3H3. The Bertz CT molecular complexity index is 263. The summed E-state index contributed by atoms with van der Waals surface area (Å²) in [6.45, 7) is 7.54. The Morgan fingerprint density at radius 3 is 2.77 bits per heavy atom. The first-order valence-corrected chi connectivity index (χ1v) is 4.95. The monoisotopic (exact) mass is 181 g/mol. The van der Waals surface area contributed by atoms with E-state index in [1.807, 2.05) is 4.68 Å². The van der Waals surface area contributed by atoms with Crippen molar-refractivity contribution < 1.29 is 0 Å². The van der Waals surface area contributed by atoms with Gasteiger partial charge in [-0.05, 0) is 18.8 Å². The molecule has 1 aromatic rings. The van der Waals surface area contributed by atoms with Crippen LogP contribution >= 0.6 is 0 Å². The molecule has 0 saturated heterocycles. The third kappa shape index (κ3) is 2.47. The number of rotatable bonds is 4. The largest absolute Gasteiger partial charge is 0.396 e. The van der Waals surface area contributed by atoms with E-state index < -0.39 is 0 Å². The molecule has 0 fully saturated rings. The van der Waals surface area contributed by atoms with E-state index in [4.69, 9.17) is 5.73 Å². The molecule has 0 aromatic carbocycles. The molecule has 3 nitrogen and oxygen atoms in total. The minimum absolute atomic E-state index is 0.718. The smallest absolute Gasteiger partial charge is 0.0732 e. The lowest BCUT2D eigenvalue weighted by molar-refractivity contribution is 0.477. The van der Waals surface area contributed by atoms with Crippen LogP contribution in [-0.4, -0.2) is 9.78 Å². The van der Waals surface area contributed by atoms with E-state index in [0.29, 0.717) is 0 Å². The molecular formula is C10H19N3. The number of nitrogens with two attached hydrogens (primary N) is 1. The number of nitrogens with zero attached hydrogens (tertiary/aromatic N) is 2. The molecule has 2 N–H and O–H groups in total. The van der Waals surface area contributed by atoms with Crippen LogP contribution in [0.4, 0.5) is 5.69 Å². The van der Waals surface area contributed by atoms with Gasteiger partial charge in [-0.15, -0.1) is 0 Å². The van der Waals surface area contributed by atoms with Gasteiger partial charge in [-0.25, -0.2) is 0 Å². The van der Waals surface area contributed by atoms with Gasteiger partial charge < -0.3 is 5.73 Å². The van der Waals surface area contributed by atoms with Crippen molar-refractivity contribution >= 4 is 5.69 Å². The molecular weight excluding hydrogens is 162 g/mol. The van der Waals surface area contributed by atoms with E-state index in [9.17, 15) is 0 Å². The molecule has 74 valence electrons. The van der Waals surface area contributed by atoms with Crippen molar-refractivity contribution in [3.05, 3.63) is 11.9 Å². The highest BCUT2D eigenvalue weighted by Crippen LogP contribution is 2.12. The molecule has 1 rings (SSSR count). The number of hydrogen-bond acceptors (Lipinski definition) is 2.